The van der Waals surface area contributed by atoms with Crippen LogP contribution in [0, 0.1) is 0 Å². The summed E-state index contributed by atoms with van der Waals surface area (Å²) < 4.78 is 38.0. The van der Waals surface area contributed by atoms with Gasteiger partial charge in [-0.25, -0.2) is 8.42 Å². The first-order valence-electron chi connectivity index (χ1n) is 7.99. The summed E-state index contributed by atoms with van der Waals surface area (Å²) >= 11 is 5.86. The molecule has 0 aromatic heterocycles. The number of nitrogens with zero attached hydrogens (tertiary/aromatic N) is 1. The lowest BCUT2D eigenvalue weighted by Crippen LogP contribution is -2.26. The van der Waals surface area contributed by atoms with Crippen LogP contribution in [0.5, 0.6) is 11.5 Å². The van der Waals surface area contributed by atoms with Crippen molar-refractivity contribution >= 4 is 21.6 Å². The smallest absolute Gasteiger partial charge is 0.243 e. The SMILES string of the molecule is CCOc1ccc(S(=O)(=O)N(C)Cc2ccc(Cl)cc2)cc1OCC. The molecule has 0 radical (unpaired) electrons. The molecule has 0 aliphatic carbocycles. The minimum Gasteiger partial charge on any atom is -0.490 e. The lowest BCUT2D eigenvalue weighted by atomic mass is 10.2. The second kappa shape index (κ2) is 8.56. The van der Waals surface area contributed by atoms with Crippen molar-refractivity contribution in [2.45, 2.75) is 25.3 Å². The third kappa shape index (κ3) is 4.87. The van der Waals surface area contributed by atoms with E-state index >= 15 is 0 Å². The Kier molecular flexibility index (Phi) is 6.70. The summed E-state index contributed by atoms with van der Waals surface area (Å²) in [7, 11) is -2.11. The molecular formula is C18H22ClNO4S. The van der Waals surface area contributed by atoms with E-state index in [9.17, 15) is 8.42 Å². The molecule has 0 N–H and O–H groups in total. The van der Waals surface area contributed by atoms with E-state index in [1.165, 1.54) is 16.4 Å². The van der Waals surface area contributed by atoms with Crippen molar-refractivity contribution in [3.8, 4) is 11.5 Å². The minimum atomic E-state index is -3.66. The number of hydrogen-bond donors (Lipinski definition) is 0. The highest BCUT2D eigenvalue weighted by molar-refractivity contribution is 7.89. The molecule has 7 heteroatoms. The van der Waals surface area contributed by atoms with Crippen LogP contribution in [0.2, 0.25) is 5.02 Å². The van der Waals surface area contributed by atoms with Gasteiger partial charge in [-0.05, 0) is 43.7 Å². The van der Waals surface area contributed by atoms with Crippen molar-refractivity contribution in [2.75, 3.05) is 20.3 Å². The molecule has 0 amide bonds. The maximum absolute atomic E-state index is 12.8. The Hall–Kier alpha value is -1.76. The number of sulfonamides is 1. The number of benzene rings is 2. The molecule has 0 saturated heterocycles. The maximum atomic E-state index is 12.8. The van der Waals surface area contributed by atoms with Crippen molar-refractivity contribution in [3.05, 3.63) is 53.1 Å². The first-order valence-corrected chi connectivity index (χ1v) is 9.80. The van der Waals surface area contributed by atoms with Gasteiger partial charge >= 0.3 is 0 Å². The quantitative estimate of drug-likeness (QED) is 0.692. The zero-order chi connectivity index (χ0) is 18.4. The topological polar surface area (TPSA) is 55.8 Å². The zero-order valence-corrected chi connectivity index (χ0v) is 16.1. The first-order chi connectivity index (χ1) is 11.9. The van der Waals surface area contributed by atoms with Crippen LogP contribution in [-0.4, -0.2) is 33.0 Å². The van der Waals surface area contributed by atoms with E-state index < -0.39 is 10.0 Å². The van der Waals surface area contributed by atoms with Crippen LogP contribution in [0.15, 0.2) is 47.4 Å². The van der Waals surface area contributed by atoms with Gasteiger partial charge in [0.2, 0.25) is 10.0 Å². The molecule has 2 aromatic rings. The van der Waals surface area contributed by atoms with Crippen LogP contribution in [0.25, 0.3) is 0 Å². The van der Waals surface area contributed by atoms with Gasteiger partial charge in [0.25, 0.3) is 0 Å². The largest absolute Gasteiger partial charge is 0.490 e. The van der Waals surface area contributed by atoms with E-state index in [4.69, 9.17) is 21.1 Å². The second-order valence-corrected chi connectivity index (χ2v) is 7.84. The predicted octanol–water partition coefficient (Wildman–Crippen LogP) is 3.96. The van der Waals surface area contributed by atoms with Crippen molar-refractivity contribution in [2.24, 2.45) is 0 Å². The van der Waals surface area contributed by atoms with Gasteiger partial charge in [0.1, 0.15) is 0 Å². The van der Waals surface area contributed by atoms with Gasteiger partial charge in [-0.15, -0.1) is 0 Å². The molecule has 25 heavy (non-hydrogen) atoms. The minimum absolute atomic E-state index is 0.163. The molecule has 0 unspecified atom stereocenters. The summed E-state index contributed by atoms with van der Waals surface area (Å²) in [6.45, 7) is 4.84. The van der Waals surface area contributed by atoms with Crippen LogP contribution >= 0.6 is 11.6 Å². The molecule has 0 saturated carbocycles. The third-order valence-electron chi connectivity index (χ3n) is 3.54. The Balaban J connectivity index is 2.27. The van der Waals surface area contributed by atoms with Gasteiger partial charge in [-0.3, -0.25) is 0 Å². The average molecular weight is 384 g/mol. The lowest BCUT2D eigenvalue weighted by Gasteiger charge is -2.19. The molecule has 5 nitrogen and oxygen atoms in total. The molecule has 0 atom stereocenters. The summed E-state index contributed by atoms with van der Waals surface area (Å²) in [4.78, 5) is 0.163. The molecule has 2 aromatic carbocycles. The Morgan fingerprint density at radius 3 is 2.16 bits per heavy atom. The Bertz CT molecular complexity index is 806. The average Bonchev–Trinajstić information content (AvgIpc) is 2.58. The first kappa shape index (κ1) is 19.6. The van der Waals surface area contributed by atoms with Crippen LogP contribution in [0.4, 0.5) is 0 Å². The fraction of sp³-hybridized carbons (Fsp3) is 0.333. The molecule has 0 aliphatic heterocycles. The number of ether oxygens (including phenoxy) is 2. The van der Waals surface area contributed by atoms with Gasteiger partial charge in [0.15, 0.2) is 11.5 Å². The molecule has 2 rings (SSSR count). The van der Waals surface area contributed by atoms with E-state index in [0.29, 0.717) is 29.7 Å². The van der Waals surface area contributed by atoms with E-state index in [1.54, 1.807) is 37.4 Å². The predicted molar refractivity (Wildman–Crippen MR) is 98.9 cm³/mol. The normalized spacial score (nSPS) is 11.6. The zero-order valence-electron chi connectivity index (χ0n) is 14.5. The van der Waals surface area contributed by atoms with Crippen LogP contribution < -0.4 is 9.47 Å². The van der Waals surface area contributed by atoms with E-state index in [0.717, 1.165) is 5.56 Å². The molecule has 0 fully saturated rings. The molecule has 0 spiro atoms. The van der Waals surface area contributed by atoms with E-state index in [1.807, 2.05) is 13.8 Å². The highest BCUT2D eigenvalue weighted by atomic mass is 35.5. The maximum Gasteiger partial charge on any atom is 0.243 e. The van der Waals surface area contributed by atoms with Crippen LogP contribution in [0.1, 0.15) is 19.4 Å². The highest BCUT2D eigenvalue weighted by Gasteiger charge is 2.23. The molecule has 0 heterocycles. The van der Waals surface area contributed by atoms with Crippen LogP contribution in [0.3, 0.4) is 0 Å². The summed E-state index contributed by atoms with van der Waals surface area (Å²) in [5.41, 5.74) is 0.853. The van der Waals surface area contributed by atoms with Gasteiger partial charge in [-0.1, -0.05) is 23.7 Å². The summed E-state index contributed by atoms with van der Waals surface area (Å²) in [5, 5.41) is 0.613. The van der Waals surface area contributed by atoms with E-state index in [-0.39, 0.29) is 11.4 Å². The molecular weight excluding hydrogens is 362 g/mol. The van der Waals surface area contributed by atoms with Crippen molar-refractivity contribution in [3.63, 3.8) is 0 Å². The Morgan fingerprint density at radius 1 is 0.960 bits per heavy atom. The summed E-state index contributed by atoms with van der Waals surface area (Å²) in [5.74, 6) is 0.953. The molecule has 0 aliphatic rings. The van der Waals surface area contributed by atoms with Gasteiger partial charge in [0.05, 0.1) is 18.1 Å². The fourth-order valence-electron chi connectivity index (χ4n) is 2.30. The fourth-order valence-corrected chi connectivity index (χ4v) is 3.60. The number of hydrogen-bond acceptors (Lipinski definition) is 4. The third-order valence-corrected chi connectivity index (χ3v) is 5.59. The highest BCUT2D eigenvalue weighted by Crippen LogP contribution is 2.31. The van der Waals surface area contributed by atoms with Crippen molar-refractivity contribution in [1.29, 1.82) is 0 Å². The number of rotatable bonds is 8. The number of halogens is 1. The second-order valence-electron chi connectivity index (χ2n) is 5.36. The van der Waals surface area contributed by atoms with Crippen molar-refractivity contribution in [1.82, 2.24) is 4.31 Å². The Morgan fingerprint density at radius 2 is 1.56 bits per heavy atom. The van der Waals surface area contributed by atoms with E-state index in [2.05, 4.69) is 0 Å². The van der Waals surface area contributed by atoms with Gasteiger partial charge in [0, 0.05) is 24.7 Å². The lowest BCUT2D eigenvalue weighted by molar-refractivity contribution is 0.287. The Labute approximate surface area is 154 Å². The summed E-state index contributed by atoms with van der Waals surface area (Å²) in [6.07, 6.45) is 0. The molecule has 0 bridgehead atoms. The monoisotopic (exact) mass is 383 g/mol. The standard InChI is InChI=1S/C18H22ClNO4S/c1-4-23-17-11-10-16(12-18(17)24-5-2)25(21,22)20(3)13-14-6-8-15(19)9-7-14/h6-12H,4-5,13H2,1-3H3. The van der Waals surface area contributed by atoms with Crippen molar-refractivity contribution < 1.29 is 17.9 Å². The summed E-state index contributed by atoms with van der Waals surface area (Å²) in [6, 6.07) is 11.7. The van der Waals surface area contributed by atoms with Crippen LogP contribution in [-0.2, 0) is 16.6 Å². The van der Waals surface area contributed by atoms with Gasteiger partial charge < -0.3 is 9.47 Å². The van der Waals surface area contributed by atoms with Gasteiger partial charge in [-0.2, -0.15) is 4.31 Å². The molecule has 136 valence electrons.